The molecular formula is C22H29N3O2S. The Morgan fingerprint density at radius 3 is 2.36 bits per heavy atom. The molecule has 1 saturated carbocycles. The van der Waals surface area contributed by atoms with Crippen LogP contribution in [-0.4, -0.2) is 34.2 Å². The minimum Gasteiger partial charge on any atom is -0.356 e. The Morgan fingerprint density at radius 2 is 1.79 bits per heavy atom. The lowest BCUT2D eigenvalue weighted by molar-refractivity contribution is 0.492. The van der Waals surface area contributed by atoms with Crippen LogP contribution in [-0.2, 0) is 22.8 Å². The lowest BCUT2D eigenvalue weighted by Crippen LogP contribution is -2.40. The molecule has 0 atom stereocenters. The lowest BCUT2D eigenvalue weighted by Gasteiger charge is -2.19. The molecule has 5 nitrogen and oxygen atoms in total. The van der Waals surface area contributed by atoms with Gasteiger partial charge in [-0.15, -0.1) is 0 Å². The molecule has 3 rings (SSSR count). The van der Waals surface area contributed by atoms with Crippen LogP contribution in [0.3, 0.4) is 0 Å². The van der Waals surface area contributed by atoms with E-state index in [1.165, 1.54) is 24.7 Å². The molecule has 2 N–H and O–H groups in total. The Balaban J connectivity index is 1.53. The van der Waals surface area contributed by atoms with Gasteiger partial charge in [0, 0.05) is 26.4 Å². The zero-order valence-corrected chi connectivity index (χ0v) is 17.6. The van der Waals surface area contributed by atoms with Crippen LogP contribution in [0.1, 0.15) is 29.5 Å². The predicted molar refractivity (Wildman–Crippen MR) is 114 cm³/mol. The summed E-state index contributed by atoms with van der Waals surface area (Å²) in [7, 11) is -1.42. The van der Waals surface area contributed by atoms with Crippen LogP contribution in [0, 0.1) is 12.3 Å². The van der Waals surface area contributed by atoms with Gasteiger partial charge in [0.25, 0.3) is 0 Å². The molecule has 0 bridgehead atoms. The largest absolute Gasteiger partial charge is 0.356 e. The second-order valence-electron chi connectivity index (χ2n) is 7.81. The van der Waals surface area contributed by atoms with Gasteiger partial charge in [-0.25, -0.2) is 8.42 Å². The summed E-state index contributed by atoms with van der Waals surface area (Å²) in [4.78, 5) is 4.70. The topological polar surface area (TPSA) is 70.6 Å². The highest BCUT2D eigenvalue weighted by atomic mass is 32.2. The molecule has 0 radical (unpaired) electrons. The summed E-state index contributed by atoms with van der Waals surface area (Å²) in [6.07, 6.45) is 4.79. The summed E-state index contributed by atoms with van der Waals surface area (Å²) in [5.41, 5.74) is 3.50. The van der Waals surface area contributed by atoms with E-state index in [9.17, 15) is 8.42 Å². The van der Waals surface area contributed by atoms with Crippen molar-refractivity contribution in [3.05, 3.63) is 65.2 Å². The van der Waals surface area contributed by atoms with Crippen molar-refractivity contribution in [1.29, 1.82) is 0 Å². The van der Waals surface area contributed by atoms with Crippen molar-refractivity contribution < 1.29 is 8.42 Å². The fourth-order valence-electron chi connectivity index (χ4n) is 3.54. The SMILES string of the molecule is CN=C(NCc1ccc(S(C)(=O)=O)c(C)c1)NCC1(Cc2ccccc2)CC1. The van der Waals surface area contributed by atoms with Crippen molar-refractivity contribution in [3.63, 3.8) is 0 Å². The minimum atomic E-state index is -3.19. The van der Waals surface area contributed by atoms with E-state index in [2.05, 4.69) is 46.0 Å². The molecule has 0 saturated heterocycles. The van der Waals surface area contributed by atoms with Crippen molar-refractivity contribution >= 4 is 15.8 Å². The number of benzene rings is 2. The molecule has 0 aromatic heterocycles. The number of sulfone groups is 1. The van der Waals surface area contributed by atoms with E-state index in [0.29, 0.717) is 16.9 Å². The number of hydrogen-bond donors (Lipinski definition) is 2. The summed E-state index contributed by atoms with van der Waals surface area (Å²) in [5, 5.41) is 6.78. The fourth-order valence-corrected chi connectivity index (χ4v) is 4.50. The number of guanidine groups is 1. The van der Waals surface area contributed by atoms with Crippen molar-refractivity contribution in [3.8, 4) is 0 Å². The normalized spacial score (nSPS) is 15.9. The van der Waals surface area contributed by atoms with E-state index in [0.717, 1.165) is 30.1 Å². The molecular weight excluding hydrogens is 370 g/mol. The quantitative estimate of drug-likeness (QED) is 0.554. The highest BCUT2D eigenvalue weighted by Crippen LogP contribution is 2.47. The first-order valence-electron chi connectivity index (χ1n) is 9.59. The van der Waals surface area contributed by atoms with Crippen molar-refractivity contribution in [2.45, 2.75) is 37.6 Å². The van der Waals surface area contributed by atoms with Crippen LogP contribution in [0.25, 0.3) is 0 Å². The predicted octanol–water partition coefficient (Wildman–Crippen LogP) is 3.09. The van der Waals surface area contributed by atoms with Gasteiger partial charge in [-0.05, 0) is 54.4 Å². The molecule has 0 aliphatic heterocycles. The van der Waals surface area contributed by atoms with Crippen LogP contribution < -0.4 is 10.6 Å². The van der Waals surface area contributed by atoms with Gasteiger partial charge < -0.3 is 10.6 Å². The number of nitrogens with one attached hydrogen (secondary N) is 2. The van der Waals surface area contributed by atoms with E-state index in [4.69, 9.17) is 0 Å². The van der Waals surface area contributed by atoms with Crippen molar-refractivity contribution in [2.24, 2.45) is 10.4 Å². The first-order valence-corrected chi connectivity index (χ1v) is 11.5. The third kappa shape index (κ3) is 5.35. The maximum atomic E-state index is 11.7. The van der Waals surface area contributed by atoms with Gasteiger partial charge in [0.05, 0.1) is 4.90 Å². The van der Waals surface area contributed by atoms with E-state index in [-0.39, 0.29) is 0 Å². The van der Waals surface area contributed by atoms with E-state index in [1.807, 2.05) is 19.1 Å². The average molecular weight is 400 g/mol. The van der Waals surface area contributed by atoms with Gasteiger partial charge in [-0.3, -0.25) is 4.99 Å². The highest BCUT2D eigenvalue weighted by molar-refractivity contribution is 7.90. The molecule has 1 fully saturated rings. The maximum absolute atomic E-state index is 11.7. The molecule has 0 unspecified atom stereocenters. The van der Waals surface area contributed by atoms with Crippen LogP contribution in [0.5, 0.6) is 0 Å². The standard InChI is InChI=1S/C22H29N3O2S/c1-17-13-19(9-10-20(17)28(3,26)27)15-24-21(23-2)25-16-22(11-12-22)14-18-7-5-4-6-8-18/h4-10,13H,11-12,14-16H2,1-3H3,(H2,23,24,25). The molecule has 1 aliphatic rings. The Hall–Kier alpha value is -2.34. The number of hydrogen-bond acceptors (Lipinski definition) is 3. The number of rotatable bonds is 7. The molecule has 28 heavy (non-hydrogen) atoms. The minimum absolute atomic E-state index is 0.326. The van der Waals surface area contributed by atoms with E-state index >= 15 is 0 Å². The summed E-state index contributed by atoms with van der Waals surface area (Å²) < 4.78 is 23.5. The van der Waals surface area contributed by atoms with E-state index < -0.39 is 9.84 Å². The smallest absolute Gasteiger partial charge is 0.191 e. The third-order valence-corrected chi connectivity index (χ3v) is 6.59. The molecule has 1 aliphatic carbocycles. The number of aryl methyl sites for hydroxylation is 1. The Bertz CT molecular complexity index is 949. The zero-order valence-electron chi connectivity index (χ0n) is 16.8. The van der Waals surface area contributed by atoms with Gasteiger partial charge in [0.2, 0.25) is 0 Å². The summed E-state index contributed by atoms with van der Waals surface area (Å²) >= 11 is 0. The highest BCUT2D eigenvalue weighted by Gasteiger charge is 2.42. The van der Waals surface area contributed by atoms with E-state index in [1.54, 1.807) is 13.1 Å². The first kappa shape index (κ1) is 20.4. The monoisotopic (exact) mass is 399 g/mol. The van der Waals surface area contributed by atoms with Gasteiger partial charge in [0.1, 0.15) is 0 Å². The molecule has 150 valence electrons. The second-order valence-corrected chi connectivity index (χ2v) is 9.80. The fraction of sp³-hybridized carbons (Fsp3) is 0.409. The van der Waals surface area contributed by atoms with Crippen LogP contribution in [0.15, 0.2) is 58.4 Å². The molecule has 0 spiro atoms. The molecule has 0 amide bonds. The summed E-state index contributed by atoms with van der Waals surface area (Å²) in [6.45, 7) is 3.32. The van der Waals surface area contributed by atoms with Gasteiger partial charge in [0.15, 0.2) is 15.8 Å². The Labute approximate surface area is 168 Å². The van der Waals surface area contributed by atoms with Crippen LogP contribution in [0.2, 0.25) is 0 Å². The maximum Gasteiger partial charge on any atom is 0.191 e. The average Bonchev–Trinajstić information content (AvgIpc) is 3.41. The molecule has 6 heteroatoms. The lowest BCUT2D eigenvalue weighted by atomic mass is 9.96. The van der Waals surface area contributed by atoms with Gasteiger partial charge in [-0.1, -0.05) is 42.5 Å². The van der Waals surface area contributed by atoms with Crippen LogP contribution in [0.4, 0.5) is 0 Å². The zero-order chi connectivity index (χ0) is 20.2. The molecule has 2 aromatic carbocycles. The molecule has 0 heterocycles. The van der Waals surface area contributed by atoms with Crippen molar-refractivity contribution in [1.82, 2.24) is 10.6 Å². The number of nitrogens with zero attached hydrogens (tertiary/aromatic N) is 1. The van der Waals surface area contributed by atoms with Gasteiger partial charge in [-0.2, -0.15) is 0 Å². The molecule has 2 aromatic rings. The van der Waals surface area contributed by atoms with Crippen LogP contribution >= 0.6 is 0 Å². The second kappa shape index (κ2) is 8.35. The first-order chi connectivity index (χ1) is 13.3. The van der Waals surface area contributed by atoms with Crippen molar-refractivity contribution in [2.75, 3.05) is 19.8 Å². The van der Waals surface area contributed by atoms with Gasteiger partial charge >= 0.3 is 0 Å². The summed E-state index contributed by atoms with van der Waals surface area (Å²) in [5.74, 6) is 0.768. The Morgan fingerprint density at radius 1 is 1.07 bits per heavy atom. The number of aliphatic imine (C=N–C) groups is 1. The summed E-state index contributed by atoms with van der Waals surface area (Å²) in [6, 6.07) is 16.1. The Kier molecular flexibility index (Phi) is 6.08. The third-order valence-electron chi connectivity index (χ3n) is 5.33.